The number of likely N-dealkylation sites (N-methyl/N-ethyl adjacent to an activating group) is 2. The van der Waals surface area contributed by atoms with Crippen molar-refractivity contribution >= 4 is 21.6 Å². The minimum atomic E-state index is 0.553. The molecule has 0 radical (unpaired) electrons. The molecule has 0 amide bonds. The Bertz CT molecular complexity index is 408. The normalized spacial score (nSPS) is 21.0. The van der Waals surface area contributed by atoms with Gasteiger partial charge >= 0.3 is 0 Å². The Labute approximate surface area is 118 Å². The minimum absolute atomic E-state index is 0.553. The Kier molecular flexibility index (Phi) is 4.65. The fraction of sp³-hybridized carbons (Fsp3) is 0.571. The van der Waals surface area contributed by atoms with E-state index in [9.17, 15) is 0 Å². The van der Waals surface area contributed by atoms with E-state index in [-0.39, 0.29) is 0 Å². The standard InChI is InChI=1S/C14H22BrN3/c1-11-8-12(15)4-5-14(11)18(3)10-13-9-17(2)7-6-16-13/h4-5,8,13,16H,6-7,9-10H2,1-3H3. The first-order chi connectivity index (χ1) is 8.56. The smallest absolute Gasteiger partial charge is 0.0394 e. The lowest BCUT2D eigenvalue weighted by molar-refractivity contribution is 0.241. The molecule has 100 valence electrons. The molecule has 1 saturated heterocycles. The van der Waals surface area contributed by atoms with Crippen LogP contribution < -0.4 is 10.2 Å². The Morgan fingerprint density at radius 3 is 2.94 bits per heavy atom. The van der Waals surface area contributed by atoms with Crippen LogP contribution in [0.2, 0.25) is 0 Å². The second-order valence-corrected chi connectivity index (χ2v) is 6.14. The van der Waals surface area contributed by atoms with Gasteiger partial charge in [-0.05, 0) is 37.7 Å². The van der Waals surface area contributed by atoms with Crippen molar-refractivity contribution in [3.05, 3.63) is 28.2 Å². The third-order valence-corrected chi connectivity index (χ3v) is 4.02. The summed E-state index contributed by atoms with van der Waals surface area (Å²) in [5.41, 5.74) is 2.63. The van der Waals surface area contributed by atoms with Crippen molar-refractivity contribution in [3.63, 3.8) is 0 Å². The number of nitrogens with zero attached hydrogens (tertiary/aromatic N) is 2. The highest BCUT2D eigenvalue weighted by Gasteiger charge is 2.18. The van der Waals surface area contributed by atoms with Gasteiger partial charge in [-0.25, -0.2) is 0 Å². The van der Waals surface area contributed by atoms with Crippen LogP contribution in [0.25, 0.3) is 0 Å². The van der Waals surface area contributed by atoms with E-state index in [0.29, 0.717) is 6.04 Å². The van der Waals surface area contributed by atoms with Crippen molar-refractivity contribution in [1.29, 1.82) is 0 Å². The molecule has 0 aromatic heterocycles. The van der Waals surface area contributed by atoms with Gasteiger partial charge < -0.3 is 15.1 Å². The lowest BCUT2D eigenvalue weighted by Crippen LogP contribution is -2.53. The van der Waals surface area contributed by atoms with Gasteiger partial charge in [-0.1, -0.05) is 15.9 Å². The summed E-state index contributed by atoms with van der Waals surface area (Å²) in [6, 6.07) is 7.02. The molecule has 18 heavy (non-hydrogen) atoms. The Morgan fingerprint density at radius 2 is 2.28 bits per heavy atom. The first-order valence-corrected chi connectivity index (χ1v) is 7.25. The zero-order valence-corrected chi connectivity index (χ0v) is 13.0. The lowest BCUT2D eigenvalue weighted by atomic mass is 10.1. The molecule has 1 fully saturated rings. The zero-order valence-electron chi connectivity index (χ0n) is 11.4. The molecular formula is C14H22BrN3. The SMILES string of the molecule is Cc1cc(Br)ccc1N(C)CC1CN(C)CCN1. The minimum Gasteiger partial charge on any atom is -0.373 e. The van der Waals surface area contributed by atoms with Gasteiger partial charge in [0.25, 0.3) is 0 Å². The molecule has 1 aromatic carbocycles. The van der Waals surface area contributed by atoms with E-state index in [1.54, 1.807) is 0 Å². The maximum absolute atomic E-state index is 3.59. The third-order valence-electron chi connectivity index (χ3n) is 3.52. The number of nitrogens with one attached hydrogen (secondary N) is 1. The van der Waals surface area contributed by atoms with Crippen molar-refractivity contribution in [3.8, 4) is 0 Å². The van der Waals surface area contributed by atoms with Crippen molar-refractivity contribution in [1.82, 2.24) is 10.2 Å². The van der Waals surface area contributed by atoms with Crippen molar-refractivity contribution in [2.24, 2.45) is 0 Å². The van der Waals surface area contributed by atoms with Crippen LogP contribution in [0.3, 0.4) is 0 Å². The van der Waals surface area contributed by atoms with Gasteiger partial charge in [-0.3, -0.25) is 0 Å². The van der Waals surface area contributed by atoms with E-state index >= 15 is 0 Å². The van der Waals surface area contributed by atoms with Gasteiger partial charge in [0.1, 0.15) is 0 Å². The van der Waals surface area contributed by atoms with Crippen LogP contribution in [0.15, 0.2) is 22.7 Å². The van der Waals surface area contributed by atoms with Gasteiger partial charge in [0, 0.05) is 49.4 Å². The van der Waals surface area contributed by atoms with Gasteiger partial charge in [-0.15, -0.1) is 0 Å². The third kappa shape index (κ3) is 3.46. The van der Waals surface area contributed by atoms with Crippen LogP contribution in [-0.2, 0) is 0 Å². The maximum atomic E-state index is 3.59. The summed E-state index contributed by atoms with van der Waals surface area (Å²) in [6.45, 7) is 6.58. The Morgan fingerprint density at radius 1 is 1.50 bits per heavy atom. The molecule has 1 aromatic rings. The van der Waals surface area contributed by atoms with Gasteiger partial charge in [0.15, 0.2) is 0 Å². The highest BCUT2D eigenvalue weighted by Crippen LogP contribution is 2.23. The number of halogens is 1. The van der Waals surface area contributed by atoms with E-state index in [0.717, 1.165) is 30.7 Å². The van der Waals surface area contributed by atoms with Crippen molar-refractivity contribution in [2.45, 2.75) is 13.0 Å². The predicted octanol–water partition coefficient (Wildman–Crippen LogP) is 2.10. The second-order valence-electron chi connectivity index (χ2n) is 5.22. The number of piperazine rings is 1. The average Bonchev–Trinajstić information content (AvgIpc) is 2.28. The fourth-order valence-electron chi connectivity index (χ4n) is 2.59. The fourth-order valence-corrected chi connectivity index (χ4v) is 3.07. The van der Waals surface area contributed by atoms with E-state index < -0.39 is 0 Å². The van der Waals surface area contributed by atoms with Gasteiger partial charge in [0.2, 0.25) is 0 Å². The first kappa shape index (κ1) is 13.8. The van der Waals surface area contributed by atoms with E-state index in [1.807, 2.05) is 0 Å². The predicted molar refractivity (Wildman–Crippen MR) is 81.4 cm³/mol. The molecule has 1 unspecified atom stereocenters. The van der Waals surface area contributed by atoms with E-state index in [1.165, 1.54) is 11.3 Å². The number of hydrogen-bond acceptors (Lipinski definition) is 3. The topological polar surface area (TPSA) is 18.5 Å². The summed E-state index contributed by atoms with van der Waals surface area (Å²) in [6.07, 6.45) is 0. The molecule has 0 aliphatic carbocycles. The largest absolute Gasteiger partial charge is 0.373 e. The number of benzene rings is 1. The summed E-state index contributed by atoms with van der Waals surface area (Å²) in [7, 11) is 4.37. The van der Waals surface area contributed by atoms with Gasteiger partial charge in [0.05, 0.1) is 0 Å². The molecule has 3 nitrogen and oxygen atoms in total. The number of anilines is 1. The van der Waals surface area contributed by atoms with Crippen LogP contribution in [-0.4, -0.2) is 51.2 Å². The Hall–Kier alpha value is -0.580. The highest BCUT2D eigenvalue weighted by atomic mass is 79.9. The molecule has 4 heteroatoms. The van der Waals surface area contributed by atoms with Gasteiger partial charge in [-0.2, -0.15) is 0 Å². The highest BCUT2D eigenvalue weighted by molar-refractivity contribution is 9.10. The van der Waals surface area contributed by atoms with Crippen LogP contribution in [0.5, 0.6) is 0 Å². The van der Waals surface area contributed by atoms with Crippen molar-refractivity contribution in [2.75, 3.05) is 45.2 Å². The molecule has 0 spiro atoms. The average molecular weight is 312 g/mol. The molecule has 0 saturated carbocycles. The molecule has 1 N–H and O–H groups in total. The summed E-state index contributed by atoms with van der Waals surface area (Å²) in [4.78, 5) is 4.74. The molecule has 0 bridgehead atoms. The van der Waals surface area contributed by atoms with Crippen LogP contribution in [0.4, 0.5) is 5.69 Å². The van der Waals surface area contributed by atoms with Crippen LogP contribution in [0.1, 0.15) is 5.56 Å². The van der Waals surface area contributed by atoms with Crippen molar-refractivity contribution < 1.29 is 0 Å². The number of aryl methyl sites for hydroxylation is 1. The molecule has 1 aliphatic rings. The summed E-state index contributed by atoms with van der Waals surface area (Å²) >= 11 is 3.51. The molecular weight excluding hydrogens is 290 g/mol. The van der Waals surface area contributed by atoms with E-state index in [2.05, 4.69) is 70.3 Å². The summed E-state index contributed by atoms with van der Waals surface area (Å²) < 4.78 is 1.15. The lowest BCUT2D eigenvalue weighted by Gasteiger charge is -2.34. The summed E-state index contributed by atoms with van der Waals surface area (Å²) in [5, 5.41) is 3.59. The molecule has 1 atom stereocenters. The monoisotopic (exact) mass is 311 g/mol. The molecule has 1 heterocycles. The first-order valence-electron chi connectivity index (χ1n) is 6.45. The summed E-state index contributed by atoms with van der Waals surface area (Å²) in [5.74, 6) is 0. The second kappa shape index (κ2) is 6.04. The molecule has 1 aliphatic heterocycles. The Balaban J connectivity index is 2.00. The van der Waals surface area contributed by atoms with E-state index in [4.69, 9.17) is 0 Å². The van der Waals surface area contributed by atoms with Crippen LogP contribution >= 0.6 is 15.9 Å². The number of hydrogen-bond donors (Lipinski definition) is 1. The van der Waals surface area contributed by atoms with Crippen LogP contribution in [0, 0.1) is 6.92 Å². The molecule has 2 rings (SSSR count). The number of rotatable bonds is 3. The quantitative estimate of drug-likeness (QED) is 0.922. The maximum Gasteiger partial charge on any atom is 0.0394 e. The zero-order chi connectivity index (χ0) is 13.1.